The van der Waals surface area contributed by atoms with Crippen LogP contribution in [0.4, 0.5) is 0 Å². The Morgan fingerprint density at radius 3 is 2.74 bits per heavy atom. The fourth-order valence-corrected chi connectivity index (χ4v) is 2.72. The highest BCUT2D eigenvalue weighted by molar-refractivity contribution is 6.03. The first-order valence-electron chi connectivity index (χ1n) is 5.90. The third-order valence-electron chi connectivity index (χ3n) is 3.61. The van der Waals surface area contributed by atoms with Crippen molar-refractivity contribution in [2.45, 2.75) is 25.0 Å². The van der Waals surface area contributed by atoms with Crippen LogP contribution in [0.25, 0.3) is 0 Å². The highest BCUT2D eigenvalue weighted by Crippen LogP contribution is 2.46. The van der Waals surface area contributed by atoms with Crippen LogP contribution < -0.4 is 0 Å². The lowest BCUT2D eigenvalue weighted by atomic mass is 9.77. The first-order valence-corrected chi connectivity index (χ1v) is 5.90. The number of ketones is 1. The van der Waals surface area contributed by atoms with Gasteiger partial charge in [0.05, 0.1) is 12.0 Å². The number of hydrogen-bond acceptors (Lipinski definition) is 5. The normalized spacial score (nSPS) is 29.2. The standard InChI is InChI=1S/C14H12O5/c1-7-5-14(19-13(7)18)6-10(16)11-8(12(14)17)3-2-4-9(11)15/h2-5,12,15,17H,6H2,1H3/t12-,14+/m1/s1. The number of hydrogen-bond donors (Lipinski definition) is 2. The summed E-state index contributed by atoms with van der Waals surface area (Å²) in [6, 6.07) is 4.48. The van der Waals surface area contributed by atoms with Crippen LogP contribution in [-0.2, 0) is 9.53 Å². The van der Waals surface area contributed by atoms with Crippen molar-refractivity contribution >= 4 is 11.8 Å². The summed E-state index contributed by atoms with van der Waals surface area (Å²) in [6.45, 7) is 1.58. The van der Waals surface area contributed by atoms with Gasteiger partial charge >= 0.3 is 5.97 Å². The molecule has 1 aromatic rings. The summed E-state index contributed by atoms with van der Waals surface area (Å²) < 4.78 is 5.20. The molecule has 0 aromatic heterocycles. The summed E-state index contributed by atoms with van der Waals surface area (Å²) >= 11 is 0. The number of ether oxygens (including phenoxy) is 1. The molecule has 0 amide bonds. The van der Waals surface area contributed by atoms with E-state index >= 15 is 0 Å². The van der Waals surface area contributed by atoms with Crippen molar-refractivity contribution in [3.8, 4) is 5.75 Å². The van der Waals surface area contributed by atoms with Gasteiger partial charge in [-0.1, -0.05) is 12.1 Å². The van der Waals surface area contributed by atoms with E-state index in [1.54, 1.807) is 13.0 Å². The number of rotatable bonds is 0. The van der Waals surface area contributed by atoms with E-state index in [1.165, 1.54) is 18.2 Å². The van der Waals surface area contributed by atoms with Crippen molar-refractivity contribution in [3.63, 3.8) is 0 Å². The average molecular weight is 260 g/mol. The second kappa shape index (κ2) is 3.68. The number of esters is 1. The number of aliphatic hydroxyl groups excluding tert-OH is 1. The number of aromatic hydroxyl groups is 1. The van der Waals surface area contributed by atoms with Gasteiger partial charge in [-0.15, -0.1) is 0 Å². The summed E-state index contributed by atoms with van der Waals surface area (Å²) in [4.78, 5) is 23.7. The van der Waals surface area contributed by atoms with Crippen molar-refractivity contribution in [1.82, 2.24) is 0 Å². The van der Waals surface area contributed by atoms with Crippen molar-refractivity contribution in [3.05, 3.63) is 41.0 Å². The Kier molecular flexibility index (Phi) is 2.31. The minimum atomic E-state index is -1.33. The topological polar surface area (TPSA) is 83.8 Å². The fourth-order valence-electron chi connectivity index (χ4n) is 2.72. The zero-order valence-electron chi connectivity index (χ0n) is 10.2. The van der Waals surface area contributed by atoms with Gasteiger partial charge in [-0.25, -0.2) is 4.79 Å². The third kappa shape index (κ3) is 1.51. The van der Waals surface area contributed by atoms with Gasteiger partial charge in [0.1, 0.15) is 11.9 Å². The molecule has 5 heteroatoms. The zero-order valence-corrected chi connectivity index (χ0v) is 10.2. The number of aliphatic hydroxyl groups is 1. The number of phenolic OH excluding ortho intramolecular Hbond substituents is 1. The van der Waals surface area contributed by atoms with Crippen LogP contribution in [-0.4, -0.2) is 27.6 Å². The highest BCUT2D eigenvalue weighted by atomic mass is 16.6. The molecule has 0 unspecified atom stereocenters. The molecular formula is C14H12O5. The predicted octanol–water partition coefficient (Wildman–Crippen LogP) is 1.25. The first kappa shape index (κ1) is 11.9. The van der Waals surface area contributed by atoms with Crippen LogP contribution in [0.15, 0.2) is 29.8 Å². The van der Waals surface area contributed by atoms with Gasteiger partial charge in [-0.2, -0.15) is 0 Å². The molecule has 0 bridgehead atoms. The minimum absolute atomic E-state index is 0.106. The van der Waals surface area contributed by atoms with Gasteiger partial charge in [-0.3, -0.25) is 4.79 Å². The number of carbonyl (C=O) groups is 2. The Bertz CT molecular complexity index is 631. The van der Waals surface area contributed by atoms with Gasteiger partial charge in [0.25, 0.3) is 0 Å². The highest BCUT2D eigenvalue weighted by Gasteiger charge is 2.51. The molecule has 1 spiro atoms. The maximum Gasteiger partial charge on any atom is 0.334 e. The summed E-state index contributed by atoms with van der Waals surface area (Å²) in [6.07, 6.45) is 0.167. The van der Waals surface area contributed by atoms with Crippen molar-refractivity contribution in [2.24, 2.45) is 0 Å². The lowest BCUT2D eigenvalue weighted by Gasteiger charge is -2.36. The molecule has 2 N–H and O–H groups in total. The second-order valence-electron chi connectivity index (χ2n) is 4.92. The summed E-state index contributed by atoms with van der Waals surface area (Å²) in [5.41, 5.74) is -0.570. The molecule has 1 aliphatic heterocycles. The zero-order chi connectivity index (χ0) is 13.8. The Labute approximate surface area is 109 Å². The quantitative estimate of drug-likeness (QED) is 0.686. The van der Waals surface area contributed by atoms with Crippen molar-refractivity contribution in [1.29, 1.82) is 0 Å². The van der Waals surface area contributed by atoms with Crippen molar-refractivity contribution < 1.29 is 24.5 Å². The molecule has 0 radical (unpaired) electrons. The average Bonchev–Trinajstić information content (AvgIpc) is 2.62. The molecule has 98 valence electrons. The molecule has 5 nitrogen and oxygen atoms in total. The third-order valence-corrected chi connectivity index (χ3v) is 3.61. The van der Waals surface area contributed by atoms with Crippen LogP contribution >= 0.6 is 0 Å². The maximum atomic E-state index is 12.1. The predicted molar refractivity (Wildman–Crippen MR) is 64.6 cm³/mol. The van der Waals surface area contributed by atoms with E-state index in [9.17, 15) is 19.8 Å². The summed E-state index contributed by atoms with van der Waals surface area (Å²) in [5.74, 6) is -1.05. The molecule has 1 aromatic carbocycles. The van der Waals surface area contributed by atoms with E-state index in [2.05, 4.69) is 0 Å². The largest absolute Gasteiger partial charge is 0.507 e. The molecule has 2 atom stereocenters. The number of carbonyl (C=O) groups excluding carboxylic acids is 2. The van der Waals surface area contributed by atoms with E-state index in [1.807, 2.05) is 0 Å². The number of benzene rings is 1. The SMILES string of the molecule is CC1=C[C@@]2(CC(=O)c3c(O)cccc3[C@H]2O)OC1=O. The number of Topliss-reactive ketones (excluding diaryl/α,β-unsaturated/α-hetero) is 1. The number of fused-ring (bicyclic) bond motifs is 1. The lowest BCUT2D eigenvalue weighted by molar-refractivity contribution is -0.156. The van der Waals surface area contributed by atoms with Crippen molar-refractivity contribution in [2.75, 3.05) is 0 Å². The smallest absolute Gasteiger partial charge is 0.334 e. The Hall–Kier alpha value is -2.14. The fraction of sp³-hybridized carbons (Fsp3) is 0.286. The Morgan fingerprint density at radius 1 is 1.37 bits per heavy atom. The molecular weight excluding hydrogens is 248 g/mol. The minimum Gasteiger partial charge on any atom is -0.507 e. The van der Waals surface area contributed by atoms with Gasteiger partial charge in [0.2, 0.25) is 0 Å². The monoisotopic (exact) mass is 260 g/mol. The molecule has 1 aliphatic carbocycles. The van der Waals surface area contributed by atoms with Gasteiger partial charge in [0.15, 0.2) is 11.4 Å². The molecule has 0 fully saturated rings. The van der Waals surface area contributed by atoms with E-state index in [0.29, 0.717) is 5.57 Å². The Morgan fingerprint density at radius 2 is 2.11 bits per heavy atom. The second-order valence-corrected chi connectivity index (χ2v) is 4.92. The van der Waals surface area contributed by atoms with Crippen LogP contribution in [0.3, 0.4) is 0 Å². The van der Waals surface area contributed by atoms with Gasteiger partial charge in [0, 0.05) is 5.57 Å². The van der Waals surface area contributed by atoms with Crippen LogP contribution in [0, 0.1) is 0 Å². The van der Waals surface area contributed by atoms with E-state index in [4.69, 9.17) is 4.74 Å². The number of phenols is 1. The Balaban J connectivity index is 2.17. The van der Waals surface area contributed by atoms with Gasteiger partial charge < -0.3 is 14.9 Å². The lowest BCUT2D eigenvalue weighted by Crippen LogP contribution is -2.42. The van der Waals surface area contributed by atoms with Crippen LogP contribution in [0.2, 0.25) is 0 Å². The first-order chi connectivity index (χ1) is 8.94. The van der Waals surface area contributed by atoms with E-state index in [0.717, 1.165) is 0 Å². The molecule has 2 aliphatic rings. The van der Waals surface area contributed by atoms with Gasteiger partial charge in [-0.05, 0) is 24.6 Å². The van der Waals surface area contributed by atoms with E-state index in [-0.39, 0.29) is 29.1 Å². The molecule has 19 heavy (non-hydrogen) atoms. The van der Waals surface area contributed by atoms with Crippen LogP contribution in [0.5, 0.6) is 5.75 Å². The molecule has 3 rings (SSSR count). The summed E-state index contributed by atoms with van der Waals surface area (Å²) in [5, 5.41) is 20.1. The molecule has 1 heterocycles. The molecule has 0 saturated carbocycles. The maximum absolute atomic E-state index is 12.1. The molecule has 0 saturated heterocycles. The summed E-state index contributed by atoms with van der Waals surface area (Å²) in [7, 11) is 0. The van der Waals surface area contributed by atoms with E-state index < -0.39 is 17.7 Å². The van der Waals surface area contributed by atoms with Crippen LogP contribution in [0.1, 0.15) is 35.4 Å².